The van der Waals surface area contributed by atoms with Crippen LogP contribution in [0.4, 0.5) is 13.2 Å². The first-order chi connectivity index (χ1) is 12.4. The number of nitrogens with zero attached hydrogens (tertiary/aromatic N) is 4. The van der Waals surface area contributed by atoms with Crippen molar-refractivity contribution in [2.45, 2.75) is 6.36 Å². The molecule has 3 aromatic rings. The molecule has 1 N–H and O–H groups in total. The van der Waals surface area contributed by atoms with Gasteiger partial charge in [0.25, 0.3) is 5.56 Å². The van der Waals surface area contributed by atoms with E-state index in [1.54, 1.807) is 12.1 Å². The summed E-state index contributed by atoms with van der Waals surface area (Å²) in [6.07, 6.45) is -3.33. The normalized spacial score (nSPS) is 14.4. The number of benzene rings is 1. The van der Waals surface area contributed by atoms with E-state index in [0.29, 0.717) is 16.6 Å². The van der Waals surface area contributed by atoms with Gasteiger partial charge in [0.1, 0.15) is 11.5 Å². The maximum absolute atomic E-state index is 12.8. The third-order valence-electron chi connectivity index (χ3n) is 3.78. The lowest BCUT2D eigenvalue weighted by atomic mass is 10.1. The van der Waals surface area contributed by atoms with Gasteiger partial charge in [0, 0.05) is 18.8 Å². The van der Waals surface area contributed by atoms with Crippen molar-refractivity contribution in [2.75, 3.05) is 7.05 Å². The van der Waals surface area contributed by atoms with Crippen LogP contribution in [0, 0.1) is 0 Å². The molecule has 0 aliphatic carbocycles. The van der Waals surface area contributed by atoms with Crippen LogP contribution in [-0.2, 0) is 0 Å². The van der Waals surface area contributed by atoms with Crippen LogP contribution >= 0.6 is 0 Å². The second-order valence-electron chi connectivity index (χ2n) is 5.36. The third-order valence-corrected chi connectivity index (χ3v) is 3.78. The molecule has 0 radical (unpaired) electrons. The highest BCUT2D eigenvalue weighted by molar-refractivity contribution is 6.16. The number of aromatic nitrogens is 3. The second kappa shape index (κ2) is 5.55. The van der Waals surface area contributed by atoms with Crippen molar-refractivity contribution in [2.24, 2.45) is 5.10 Å². The predicted octanol–water partition coefficient (Wildman–Crippen LogP) is 1.96. The molecule has 4 rings (SSSR count). The number of nitrogens with one attached hydrogen (secondary N) is 1. The van der Waals surface area contributed by atoms with E-state index in [-0.39, 0.29) is 22.7 Å². The van der Waals surface area contributed by atoms with E-state index in [9.17, 15) is 18.0 Å². The molecule has 1 aliphatic heterocycles. The molecule has 3 heterocycles. The summed E-state index contributed by atoms with van der Waals surface area (Å²) in [6.45, 7) is 0. The van der Waals surface area contributed by atoms with Gasteiger partial charge in [-0.15, -0.1) is 13.2 Å². The van der Waals surface area contributed by atoms with Crippen LogP contribution in [0.3, 0.4) is 0 Å². The van der Waals surface area contributed by atoms with Gasteiger partial charge in [-0.25, -0.2) is 9.97 Å². The summed E-state index contributed by atoms with van der Waals surface area (Å²) in [6, 6.07) is 6.86. The zero-order chi connectivity index (χ0) is 18.5. The molecule has 26 heavy (non-hydrogen) atoms. The summed E-state index contributed by atoms with van der Waals surface area (Å²) in [7, 11) is 1.53. The fourth-order valence-electron chi connectivity index (χ4n) is 2.84. The first-order valence-electron chi connectivity index (χ1n) is 7.42. The molecule has 0 amide bonds. The quantitative estimate of drug-likeness (QED) is 0.552. The van der Waals surface area contributed by atoms with Gasteiger partial charge in [-0.05, 0) is 30.3 Å². The van der Waals surface area contributed by atoms with Gasteiger partial charge in [-0.1, -0.05) is 0 Å². The molecular formula is C16H10F3N5O2. The van der Waals surface area contributed by atoms with Crippen LogP contribution in [-0.4, -0.2) is 33.7 Å². The first-order valence-corrected chi connectivity index (χ1v) is 7.42. The number of pyridine rings is 1. The molecule has 0 fully saturated rings. The van der Waals surface area contributed by atoms with E-state index in [4.69, 9.17) is 0 Å². The van der Waals surface area contributed by atoms with Crippen LogP contribution in [0.25, 0.3) is 16.7 Å². The van der Waals surface area contributed by atoms with E-state index >= 15 is 0 Å². The lowest BCUT2D eigenvalue weighted by molar-refractivity contribution is -0.274. The van der Waals surface area contributed by atoms with Gasteiger partial charge in [-0.3, -0.25) is 9.36 Å². The number of halogens is 3. The Balaban J connectivity index is 1.99. The van der Waals surface area contributed by atoms with Crippen molar-refractivity contribution in [1.29, 1.82) is 0 Å². The molecule has 10 heteroatoms. The van der Waals surface area contributed by atoms with Crippen molar-refractivity contribution < 1.29 is 17.9 Å². The second-order valence-corrected chi connectivity index (χ2v) is 5.36. The molecule has 1 aliphatic rings. The molecule has 0 saturated heterocycles. The molecule has 7 nitrogen and oxygen atoms in total. The fraction of sp³-hybridized carbons (Fsp3) is 0.125. The summed E-state index contributed by atoms with van der Waals surface area (Å²) in [5.41, 5.74) is 3.30. The van der Waals surface area contributed by atoms with Crippen LogP contribution in [0.5, 0.6) is 5.75 Å². The molecule has 0 unspecified atom stereocenters. The van der Waals surface area contributed by atoms with E-state index in [1.807, 2.05) is 0 Å². The van der Waals surface area contributed by atoms with Crippen LogP contribution in [0.15, 0.2) is 46.4 Å². The van der Waals surface area contributed by atoms with Crippen LogP contribution in [0.2, 0.25) is 0 Å². The van der Waals surface area contributed by atoms with Gasteiger partial charge < -0.3 is 10.2 Å². The highest BCUT2D eigenvalue weighted by Crippen LogP contribution is 2.32. The highest BCUT2D eigenvalue weighted by Gasteiger charge is 2.34. The lowest BCUT2D eigenvalue weighted by Crippen LogP contribution is -2.22. The summed E-state index contributed by atoms with van der Waals surface area (Å²) in [5.74, 6) is -0.224. The van der Waals surface area contributed by atoms with Gasteiger partial charge in [-0.2, -0.15) is 5.10 Å². The number of hydrazone groups is 1. The Labute approximate surface area is 143 Å². The van der Waals surface area contributed by atoms with E-state index in [0.717, 1.165) is 6.07 Å². The van der Waals surface area contributed by atoms with Crippen molar-refractivity contribution >= 4 is 16.7 Å². The van der Waals surface area contributed by atoms with E-state index < -0.39 is 12.1 Å². The van der Waals surface area contributed by atoms with Crippen molar-refractivity contribution in [1.82, 2.24) is 20.0 Å². The minimum atomic E-state index is -4.83. The van der Waals surface area contributed by atoms with E-state index in [2.05, 4.69) is 25.2 Å². The van der Waals surface area contributed by atoms with Crippen LogP contribution in [0.1, 0.15) is 11.4 Å². The van der Waals surface area contributed by atoms with Gasteiger partial charge in [0.2, 0.25) is 0 Å². The average Bonchev–Trinajstić information content (AvgIpc) is 2.88. The Morgan fingerprint density at radius 1 is 1.27 bits per heavy atom. The summed E-state index contributed by atoms with van der Waals surface area (Å²) in [4.78, 5) is 21.3. The summed E-state index contributed by atoms with van der Waals surface area (Å²) < 4.78 is 42.8. The molecular weight excluding hydrogens is 351 g/mol. The highest BCUT2D eigenvalue weighted by atomic mass is 19.4. The summed E-state index contributed by atoms with van der Waals surface area (Å²) in [5, 5.41) is 4.37. The Morgan fingerprint density at radius 2 is 2.08 bits per heavy atom. The molecule has 1 aromatic carbocycles. The van der Waals surface area contributed by atoms with Gasteiger partial charge in [0.15, 0.2) is 11.5 Å². The third kappa shape index (κ3) is 2.46. The van der Waals surface area contributed by atoms with Gasteiger partial charge >= 0.3 is 6.36 Å². The SMILES string of the molecule is CN/N=C1\c2cc(OC(F)(F)F)ccc2-n2c1nc1ncccc1c2=O. The zero-order valence-electron chi connectivity index (χ0n) is 13.2. The fourth-order valence-corrected chi connectivity index (χ4v) is 2.84. The maximum Gasteiger partial charge on any atom is 0.573 e. The Hall–Kier alpha value is -3.43. The topological polar surface area (TPSA) is 81.4 Å². The number of alkyl halides is 3. The van der Waals surface area contributed by atoms with Crippen molar-refractivity contribution in [3.8, 4) is 11.4 Å². The number of hydrogen-bond donors (Lipinski definition) is 1. The Kier molecular flexibility index (Phi) is 3.43. The largest absolute Gasteiger partial charge is 0.573 e. The lowest BCUT2D eigenvalue weighted by Gasteiger charge is -2.10. The predicted molar refractivity (Wildman–Crippen MR) is 86.5 cm³/mol. The Bertz CT molecular complexity index is 1120. The van der Waals surface area contributed by atoms with Crippen molar-refractivity contribution in [3.63, 3.8) is 0 Å². The molecule has 0 bridgehead atoms. The number of ether oxygens (including phenoxy) is 1. The number of hydrogen-bond acceptors (Lipinski definition) is 6. The minimum Gasteiger partial charge on any atom is -0.406 e. The molecule has 0 spiro atoms. The zero-order valence-corrected chi connectivity index (χ0v) is 13.2. The monoisotopic (exact) mass is 361 g/mol. The molecule has 0 saturated carbocycles. The first kappa shape index (κ1) is 16.1. The number of rotatable bonds is 2. The van der Waals surface area contributed by atoms with Crippen LogP contribution < -0.4 is 15.7 Å². The number of fused-ring (bicyclic) bond motifs is 4. The smallest absolute Gasteiger partial charge is 0.406 e. The molecule has 2 aromatic heterocycles. The summed E-state index contributed by atoms with van der Waals surface area (Å²) >= 11 is 0. The maximum atomic E-state index is 12.8. The molecule has 132 valence electrons. The Morgan fingerprint density at radius 3 is 2.81 bits per heavy atom. The van der Waals surface area contributed by atoms with E-state index in [1.165, 1.54) is 29.9 Å². The standard InChI is InChI=1S/C16H10F3N5O2/c1-20-23-12-10-7-8(26-16(17,18)19)4-5-11(10)24-14(12)22-13-9(15(24)25)3-2-6-21-13/h2-7,20H,1H3/b23-12+. The van der Waals surface area contributed by atoms with Gasteiger partial charge in [0.05, 0.1) is 11.1 Å². The van der Waals surface area contributed by atoms with Crippen molar-refractivity contribution in [3.05, 3.63) is 58.3 Å². The average molecular weight is 361 g/mol. The molecule has 0 atom stereocenters. The minimum absolute atomic E-state index is 0.190.